The van der Waals surface area contributed by atoms with E-state index in [9.17, 15) is 14.9 Å². The minimum absolute atomic E-state index is 0.00232. The molecule has 1 atom stereocenters. The maximum Gasteiger partial charge on any atom is 0.271 e. The highest BCUT2D eigenvalue weighted by molar-refractivity contribution is 7.09. The topological polar surface area (TPSA) is 111 Å². The molecule has 116 valence electrons. The van der Waals surface area contributed by atoms with E-state index in [0.717, 1.165) is 5.01 Å². The summed E-state index contributed by atoms with van der Waals surface area (Å²) in [5.41, 5.74) is 6.46. The predicted octanol–water partition coefficient (Wildman–Crippen LogP) is 2.04. The Hall–Kier alpha value is -2.32. The van der Waals surface area contributed by atoms with Gasteiger partial charge in [-0.2, -0.15) is 0 Å². The third kappa shape index (κ3) is 3.86. The van der Waals surface area contributed by atoms with Gasteiger partial charge >= 0.3 is 0 Å². The number of carbonyl (C=O) groups is 1. The Balaban J connectivity index is 2.07. The van der Waals surface area contributed by atoms with Crippen molar-refractivity contribution in [2.24, 2.45) is 5.73 Å². The summed E-state index contributed by atoms with van der Waals surface area (Å²) in [6.45, 7) is 2.25. The molecule has 2 aromatic rings. The normalized spacial score (nSPS) is 11.9. The fourth-order valence-electron chi connectivity index (χ4n) is 1.92. The lowest BCUT2D eigenvalue weighted by atomic mass is 10.1. The van der Waals surface area contributed by atoms with E-state index in [4.69, 9.17) is 5.73 Å². The number of carbonyl (C=O) groups excluding carboxylic acids is 1. The van der Waals surface area contributed by atoms with E-state index in [-0.39, 0.29) is 17.6 Å². The van der Waals surface area contributed by atoms with Crippen molar-refractivity contribution >= 4 is 22.9 Å². The van der Waals surface area contributed by atoms with E-state index < -0.39 is 4.92 Å². The zero-order chi connectivity index (χ0) is 16.1. The molecule has 1 aromatic carbocycles. The van der Waals surface area contributed by atoms with Crippen molar-refractivity contribution in [1.82, 2.24) is 10.3 Å². The predicted molar refractivity (Wildman–Crippen MR) is 83.9 cm³/mol. The van der Waals surface area contributed by atoms with Crippen LogP contribution in [-0.2, 0) is 6.42 Å². The van der Waals surface area contributed by atoms with Crippen molar-refractivity contribution in [2.45, 2.75) is 19.4 Å². The number of rotatable bonds is 6. The Morgan fingerprint density at radius 3 is 3.00 bits per heavy atom. The standard InChI is InChI=1S/C14H16N4O3S/c1-9(10-3-2-4-11(7-10)18(20)21)16-14(19)12-8-22-13(17-12)5-6-15/h2-4,7-9H,5-6,15H2,1H3,(H,16,19). The van der Waals surface area contributed by atoms with Crippen molar-refractivity contribution < 1.29 is 9.72 Å². The van der Waals surface area contributed by atoms with Crippen LogP contribution < -0.4 is 11.1 Å². The van der Waals surface area contributed by atoms with Crippen LogP contribution in [0.1, 0.15) is 34.0 Å². The molecule has 1 aromatic heterocycles. The summed E-state index contributed by atoms with van der Waals surface area (Å²) in [7, 11) is 0. The Bertz CT molecular complexity index is 686. The Morgan fingerprint density at radius 2 is 2.32 bits per heavy atom. The Morgan fingerprint density at radius 1 is 1.55 bits per heavy atom. The third-order valence-corrected chi connectivity index (χ3v) is 3.98. The van der Waals surface area contributed by atoms with Crippen LogP contribution in [0, 0.1) is 10.1 Å². The number of nitro groups is 1. The molecule has 8 heteroatoms. The molecule has 22 heavy (non-hydrogen) atoms. The van der Waals surface area contributed by atoms with Gasteiger partial charge in [0.05, 0.1) is 16.0 Å². The van der Waals surface area contributed by atoms with Crippen molar-refractivity contribution in [3.05, 3.63) is 56.0 Å². The van der Waals surface area contributed by atoms with E-state index in [1.165, 1.54) is 23.5 Å². The fraction of sp³-hybridized carbons (Fsp3) is 0.286. The van der Waals surface area contributed by atoms with Gasteiger partial charge in [-0.05, 0) is 19.0 Å². The van der Waals surface area contributed by atoms with Gasteiger partial charge in [-0.15, -0.1) is 11.3 Å². The second-order valence-corrected chi connectivity index (χ2v) is 5.66. The number of hydrogen-bond acceptors (Lipinski definition) is 6. The molecule has 1 heterocycles. The highest BCUT2D eigenvalue weighted by atomic mass is 32.1. The first kappa shape index (κ1) is 16.1. The largest absolute Gasteiger partial charge is 0.344 e. The maximum absolute atomic E-state index is 12.1. The first-order valence-corrected chi connectivity index (χ1v) is 7.59. The van der Waals surface area contributed by atoms with Gasteiger partial charge in [-0.1, -0.05) is 12.1 Å². The second kappa shape index (κ2) is 7.10. The number of benzene rings is 1. The fourth-order valence-corrected chi connectivity index (χ4v) is 2.71. The van der Waals surface area contributed by atoms with Gasteiger partial charge in [0.15, 0.2) is 0 Å². The van der Waals surface area contributed by atoms with Crippen molar-refractivity contribution in [2.75, 3.05) is 6.54 Å². The number of hydrogen-bond donors (Lipinski definition) is 2. The quantitative estimate of drug-likeness (QED) is 0.625. The zero-order valence-corrected chi connectivity index (χ0v) is 12.8. The van der Waals surface area contributed by atoms with Crippen LogP contribution in [0.3, 0.4) is 0 Å². The molecule has 0 fully saturated rings. The Labute approximate surface area is 131 Å². The lowest BCUT2D eigenvalue weighted by Crippen LogP contribution is -2.27. The van der Waals surface area contributed by atoms with Crippen molar-refractivity contribution in [3.63, 3.8) is 0 Å². The van der Waals surface area contributed by atoms with Crippen molar-refractivity contribution in [3.8, 4) is 0 Å². The third-order valence-electron chi connectivity index (χ3n) is 3.07. The number of non-ortho nitro benzene ring substituents is 1. The van der Waals surface area contributed by atoms with Gasteiger partial charge in [-0.3, -0.25) is 14.9 Å². The van der Waals surface area contributed by atoms with E-state index in [1.54, 1.807) is 24.4 Å². The lowest BCUT2D eigenvalue weighted by molar-refractivity contribution is -0.384. The van der Waals surface area contributed by atoms with Gasteiger partial charge in [0.1, 0.15) is 5.69 Å². The maximum atomic E-state index is 12.1. The summed E-state index contributed by atoms with van der Waals surface area (Å²) >= 11 is 1.39. The van der Waals surface area contributed by atoms with Gasteiger partial charge < -0.3 is 11.1 Å². The Kier molecular flexibility index (Phi) is 5.18. The van der Waals surface area contributed by atoms with Gasteiger partial charge in [0, 0.05) is 23.9 Å². The first-order valence-electron chi connectivity index (χ1n) is 6.71. The number of nitro benzene ring substituents is 1. The highest BCUT2D eigenvalue weighted by Crippen LogP contribution is 2.19. The molecule has 0 aliphatic heterocycles. The smallest absolute Gasteiger partial charge is 0.271 e. The molecule has 0 aliphatic carbocycles. The van der Waals surface area contributed by atoms with Crippen LogP contribution in [-0.4, -0.2) is 22.4 Å². The minimum Gasteiger partial charge on any atom is -0.344 e. The average molecular weight is 320 g/mol. The van der Waals surface area contributed by atoms with Crippen LogP contribution in [0.25, 0.3) is 0 Å². The van der Waals surface area contributed by atoms with Crippen LogP contribution in [0.4, 0.5) is 5.69 Å². The summed E-state index contributed by atoms with van der Waals surface area (Å²) in [5, 5.41) is 16.1. The van der Waals surface area contributed by atoms with Gasteiger partial charge in [-0.25, -0.2) is 4.98 Å². The van der Waals surface area contributed by atoms with E-state index >= 15 is 0 Å². The molecule has 0 saturated heterocycles. The van der Waals surface area contributed by atoms with Crippen LogP contribution >= 0.6 is 11.3 Å². The van der Waals surface area contributed by atoms with E-state index in [2.05, 4.69) is 10.3 Å². The summed E-state index contributed by atoms with van der Waals surface area (Å²) in [6.07, 6.45) is 0.637. The average Bonchev–Trinajstić information content (AvgIpc) is 2.96. The molecular formula is C14H16N4O3S. The van der Waals surface area contributed by atoms with Crippen LogP contribution in [0.2, 0.25) is 0 Å². The molecule has 3 N–H and O–H groups in total. The number of nitrogens with zero attached hydrogens (tertiary/aromatic N) is 2. The van der Waals surface area contributed by atoms with Gasteiger partial charge in [0.25, 0.3) is 11.6 Å². The minimum atomic E-state index is -0.461. The highest BCUT2D eigenvalue weighted by Gasteiger charge is 2.16. The number of nitrogens with one attached hydrogen (secondary N) is 1. The monoisotopic (exact) mass is 320 g/mol. The number of thiazole rings is 1. The molecule has 2 rings (SSSR count). The molecule has 1 unspecified atom stereocenters. The molecule has 0 radical (unpaired) electrons. The number of nitrogens with two attached hydrogens (primary N) is 1. The molecule has 0 saturated carbocycles. The van der Waals surface area contributed by atoms with E-state index in [0.29, 0.717) is 24.2 Å². The molecule has 0 spiro atoms. The summed E-state index contributed by atoms with van der Waals surface area (Å²) in [5.74, 6) is -0.307. The molecule has 0 aliphatic rings. The second-order valence-electron chi connectivity index (χ2n) is 4.71. The summed E-state index contributed by atoms with van der Waals surface area (Å²) in [4.78, 5) is 26.7. The number of amides is 1. The first-order chi connectivity index (χ1) is 10.5. The molecule has 0 bridgehead atoms. The van der Waals surface area contributed by atoms with Gasteiger partial charge in [0.2, 0.25) is 0 Å². The van der Waals surface area contributed by atoms with Crippen LogP contribution in [0.5, 0.6) is 0 Å². The van der Waals surface area contributed by atoms with E-state index in [1.807, 2.05) is 0 Å². The summed E-state index contributed by atoms with van der Waals surface area (Å²) < 4.78 is 0. The number of aromatic nitrogens is 1. The molecule has 7 nitrogen and oxygen atoms in total. The summed E-state index contributed by atoms with van der Waals surface area (Å²) in [6, 6.07) is 5.84. The van der Waals surface area contributed by atoms with Crippen molar-refractivity contribution in [1.29, 1.82) is 0 Å². The molecular weight excluding hydrogens is 304 g/mol. The SMILES string of the molecule is CC(NC(=O)c1csc(CCN)n1)c1cccc([N+](=O)[O-])c1. The molecule has 1 amide bonds. The zero-order valence-electron chi connectivity index (χ0n) is 12.0. The van der Waals surface area contributed by atoms with Crippen LogP contribution in [0.15, 0.2) is 29.6 Å². The lowest BCUT2D eigenvalue weighted by Gasteiger charge is -2.13.